The molecule has 0 radical (unpaired) electrons. The molecule has 0 amide bonds. The maximum atomic E-state index is 3.46. The maximum absolute atomic E-state index is 3.46. The molecule has 0 atom stereocenters. The molecule has 0 bridgehead atoms. The number of nitrogens with zero attached hydrogens (tertiary/aromatic N) is 1. The zero-order chi connectivity index (χ0) is 11.3. The van der Waals surface area contributed by atoms with Gasteiger partial charge >= 0.3 is 0 Å². The summed E-state index contributed by atoms with van der Waals surface area (Å²) in [5.41, 5.74) is 1.39. The van der Waals surface area contributed by atoms with Crippen molar-refractivity contribution in [2.45, 2.75) is 53.2 Å². The van der Waals surface area contributed by atoms with Crippen molar-refractivity contribution in [3.63, 3.8) is 0 Å². The Morgan fingerprint density at radius 2 is 2.00 bits per heavy atom. The predicted octanol–water partition coefficient (Wildman–Crippen LogP) is 3.03. The molecule has 1 rings (SSSR count). The van der Waals surface area contributed by atoms with E-state index in [1.54, 1.807) is 0 Å². The summed E-state index contributed by atoms with van der Waals surface area (Å²) in [6, 6.07) is 4.89. The lowest BCUT2D eigenvalue weighted by atomic mass is 10.1. The van der Waals surface area contributed by atoms with Crippen molar-refractivity contribution in [1.29, 1.82) is 0 Å². The molecule has 1 aromatic rings. The van der Waals surface area contributed by atoms with Crippen LogP contribution in [0.1, 0.15) is 39.8 Å². The number of hydrogen-bond acceptors (Lipinski definition) is 1. The molecule has 0 aliphatic rings. The third-order valence-corrected chi connectivity index (χ3v) is 2.56. The smallest absolute Gasteiger partial charge is 0.0361 e. The average Bonchev–Trinajstić information content (AvgIpc) is 2.58. The highest BCUT2D eigenvalue weighted by atomic mass is 15.0. The van der Waals surface area contributed by atoms with Crippen LogP contribution in [-0.4, -0.2) is 10.6 Å². The van der Waals surface area contributed by atoms with Gasteiger partial charge in [-0.15, -0.1) is 0 Å². The summed E-state index contributed by atoms with van der Waals surface area (Å²) in [4.78, 5) is 0. The van der Waals surface area contributed by atoms with E-state index < -0.39 is 0 Å². The highest BCUT2D eigenvalue weighted by Gasteiger charge is 2.02. The lowest BCUT2D eigenvalue weighted by molar-refractivity contribution is 0.494. The van der Waals surface area contributed by atoms with E-state index in [9.17, 15) is 0 Å². The van der Waals surface area contributed by atoms with Gasteiger partial charge in [-0.25, -0.2) is 0 Å². The van der Waals surface area contributed by atoms with Crippen molar-refractivity contribution in [2.24, 2.45) is 5.92 Å². The zero-order valence-corrected chi connectivity index (χ0v) is 10.5. The first kappa shape index (κ1) is 12.3. The first-order chi connectivity index (χ1) is 7.09. The summed E-state index contributed by atoms with van der Waals surface area (Å²) in [5.74, 6) is 0.776. The van der Waals surface area contributed by atoms with Crippen LogP contribution in [0, 0.1) is 5.92 Å². The van der Waals surface area contributed by atoms with Gasteiger partial charge in [-0.1, -0.05) is 27.7 Å². The molecule has 2 nitrogen and oxygen atoms in total. The Morgan fingerprint density at radius 1 is 1.27 bits per heavy atom. The molecule has 0 spiro atoms. The normalized spacial score (nSPS) is 11.6. The number of hydrogen-bond donors (Lipinski definition) is 1. The second-order valence-corrected chi connectivity index (χ2v) is 4.91. The minimum atomic E-state index is 0.554. The number of nitrogens with one attached hydrogen (secondary N) is 1. The van der Waals surface area contributed by atoms with E-state index in [-0.39, 0.29) is 0 Å². The van der Waals surface area contributed by atoms with Gasteiger partial charge in [0.05, 0.1) is 0 Å². The third kappa shape index (κ3) is 4.52. The molecular weight excluding hydrogens is 184 g/mol. The molecule has 0 saturated carbocycles. The van der Waals surface area contributed by atoms with E-state index in [0.29, 0.717) is 6.04 Å². The molecule has 0 unspecified atom stereocenters. The first-order valence-corrected chi connectivity index (χ1v) is 5.97. The molecule has 0 saturated heterocycles. The Hall–Kier alpha value is -0.760. The van der Waals surface area contributed by atoms with Gasteiger partial charge in [-0.3, -0.25) is 0 Å². The molecule has 1 N–H and O–H groups in total. The molecule has 2 heteroatoms. The fraction of sp³-hybridized carbons (Fsp3) is 0.692. The third-order valence-electron chi connectivity index (χ3n) is 2.56. The van der Waals surface area contributed by atoms with Crippen LogP contribution in [0.5, 0.6) is 0 Å². The van der Waals surface area contributed by atoms with E-state index in [1.807, 2.05) is 0 Å². The summed E-state index contributed by atoms with van der Waals surface area (Å²) >= 11 is 0. The maximum Gasteiger partial charge on any atom is 0.0361 e. The molecule has 1 heterocycles. The van der Waals surface area contributed by atoms with Crippen LogP contribution in [0.3, 0.4) is 0 Å². The minimum Gasteiger partial charge on any atom is -0.350 e. The predicted molar refractivity (Wildman–Crippen MR) is 65.9 cm³/mol. The number of rotatable bonds is 6. The molecule has 0 aliphatic heterocycles. The van der Waals surface area contributed by atoms with Crippen LogP contribution in [0.25, 0.3) is 0 Å². The summed E-state index contributed by atoms with van der Waals surface area (Å²) in [7, 11) is 0. The van der Waals surface area contributed by atoms with E-state index >= 15 is 0 Å². The fourth-order valence-corrected chi connectivity index (χ4v) is 1.53. The second-order valence-electron chi connectivity index (χ2n) is 4.91. The molecule has 15 heavy (non-hydrogen) atoms. The van der Waals surface area contributed by atoms with Gasteiger partial charge in [0.25, 0.3) is 0 Å². The number of aromatic nitrogens is 1. The summed E-state index contributed by atoms with van der Waals surface area (Å²) in [6.45, 7) is 11.0. The van der Waals surface area contributed by atoms with Gasteiger partial charge in [0.2, 0.25) is 0 Å². The molecule has 0 aliphatic carbocycles. The fourth-order valence-electron chi connectivity index (χ4n) is 1.53. The quantitative estimate of drug-likeness (QED) is 0.760. The van der Waals surface area contributed by atoms with E-state index in [0.717, 1.165) is 19.0 Å². The molecule has 0 fully saturated rings. The molecule has 1 aromatic heterocycles. The van der Waals surface area contributed by atoms with Gasteiger partial charge in [-0.05, 0) is 24.5 Å². The van der Waals surface area contributed by atoms with Gasteiger partial charge in [0.1, 0.15) is 0 Å². The van der Waals surface area contributed by atoms with Gasteiger partial charge in [-0.2, -0.15) is 0 Å². The van der Waals surface area contributed by atoms with E-state index in [1.165, 1.54) is 12.1 Å². The SMILES string of the molecule is CC(C)CCn1cccc1CNC(C)C. The Morgan fingerprint density at radius 3 is 2.60 bits per heavy atom. The minimum absolute atomic E-state index is 0.554. The molecule has 86 valence electrons. The van der Waals surface area contributed by atoms with Gasteiger partial charge in [0.15, 0.2) is 0 Å². The van der Waals surface area contributed by atoms with Crippen LogP contribution >= 0.6 is 0 Å². The highest BCUT2D eigenvalue weighted by molar-refractivity contribution is 5.06. The van der Waals surface area contributed by atoms with Crippen molar-refractivity contribution in [1.82, 2.24) is 9.88 Å². The summed E-state index contributed by atoms with van der Waals surface area (Å²) in [5, 5.41) is 3.46. The number of aryl methyl sites for hydroxylation is 1. The summed E-state index contributed by atoms with van der Waals surface area (Å²) < 4.78 is 2.36. The van der Waals surface area contributed by atoms with Crippen LogP contribution in [-0.2, 0) is 13.1 Å². The standard InChI is InChI=1S/C13H24N2/c1-11(2)7-9-15-8-5-6-13(15)10-14-12(3)4/h5-6,8,11-12,14H,7,9-10H2,1-4H3. The Balaban J connectivity index is 2.46. The van der Waals surface area contributed by atoms with Crippen LogP contribution < -0.4 is 5.32 Å². The van der Waals surface area contributed by atoms with Crippen LogP contribution in [0.15, 0.2) is 18.3 Å². The lowest BCUT2D eigenvalue weighted by Gasteiger charge is -2.13. The average molecular weight is 208 g/mol. The van der Waals surface area contributed by atoms with Crippen molar-refractivity contribution >= 4 is 0 Å². The molecular formula is C13H24N2. The van der Waals surface area contributed by atoms with Crippen molar-refractivity contribution in [2.75, 3.05) is 0 Å². The van der Waals surface area contributed by atoms with Gasteiger partial charge in [0, 0.05) is 31.0 Å². The van der Waals surface area contributed by atoms with Gasteiger partial charge < -0.3 is 9.88 Å². The highest BCUT2D eigenvalue weighted by Crippen LogP contribution is 2.07. The zero-order valence-electron chi connectivity index (χ0n) is 10.5. The topological polar surface area (TPSA) is 17.0 Å². The Bertz CT molecular complexity index is 247. The largest absolute Gasteiger partial charge is 0.350 e. The molecule has 0 aromatic carbocycles. The van der Waals surface area contributed by atoms with Crippen molar-refractivity contribution in [3.8, 4) is 0 Å². The van der Waals surface area contributed by atoms with E-state index in [2.05, 4.69) is 55.9 Å². The van der Waals surface area contributed by atoms with Crippen LogP contribution in [0.4, 0.5) is 0 Å². The second kappa shape index (κ2) is 5.96. The first-order valence-electron chi connectivity index (χ1n) is 5.97. The van der Waals surface area contributed by atoms with Crippen molar-refractivity contribution in [3.05, 3.63) is 24.0 Å². The lowest BCUT2D eigenvalue weighted by Crippen LogP contribution is -2.23. The van der Waals surface area contributed by atoms with E-state index in [4.69, 9.17) is 0 Å². The Kier molecular flexibility index (Phi) is 4.89. The van der Waals surface area contributed by atoms with Crippen LogP contribution in [0.2, 0.25) is 0 Å². The Labute approximate surface area is 93.7 Å². The van der Waals surface area contributed by atoms with Crippen molar-refractivity contribution < 1.29 is 0 Å². The summed E-state index contributed by atoms with van der Waals surface area (Å²) in [6.07, 6.45) is 3.43. The monoisotopic (exact) mass is 208 g/mol.